The van der Waals surface area contributed by atoms with Crippen LogP contribution in [-0.2, 0) is 20.9 Å². The number of rotatable bonds is 11. The molecule has 0 fully saturated rings. The Morgan fingerprint density at radius 2 is 1.40 bits per heavy atom. The van der Waals surface area contributed by atoms with Crippen molar-refractivity contribution < 1.29 is 28.7 Å². The number of methoxy groups -OCH3 is 2. The molecule has 230 valence electrons. The molecule has 0 spiro atoms. The lowest BCUT2D eigenvalue weighted by atomic mass is 10.0. The predicted octanol–water partition coefficient (Wildman–Crippen LogP) is 4.71. The first-order valence-electron chi connectivity index (χ1n) is 14.3. The summed E-state index contributed by atoms with van der Waals surface area (Å²) in [5.74, 6) is -1.22. The van der Waals surface area contributed by atoms with Gasteiger partial charge < -0.3 is 24.6 Å². The number of amides is 3. The van der Waals surface area contributed by atoms with Gasteiger partial charge in [-0.3, -0.25) is 24.1 Å². The van der Waals surface area contributed by atoms with Gasteiger partial charge in [-0.1, -0.05) is 36.4 Å². The summed E-state index contributed by atoms with van der Waals surface area (Å²) in [6, 6.07) is 26.8. The summed E-state index contributed by atoms with van der Waals surface area (Å²) in [5, 5.41) is 2.96. The Bertz CT molecular complexity index is 1700. The number of Topliss-reactive ketones (excluding diaryl/α,β-unsaturated/α-hetero) is 1. The molecule has 10 nitrogen and oxygen atoms in total. The lowest BCUT2D eigenvalue weighted by Gasteiger charge is -2.33. The average molecular weight is 607 g/mol. The van der Waals surface area contributed by atoms with Crippen LogP contribution in [0.5, 0.6) is 11.5 Å². The molecular formula is C35H34N4O6. The van der Waals surface area contributed by atoms with Gasteiger partial charge in [0.1, 0.15) is 24.1 Å². The summed E-state index contributed by atoms with van der Waals surface area (Å²) < 4.78 is 10.6. The van der Waals surface area contributed by atoms with Crippen LogP contribution in [0.15, 0.2) is 97.1 Å². The molecule has 0 aliphatic carbocycles. The Balaban J connectivity index is 1.54. The number of hydrogen-bond acceptors (Lipinski definition) is 7. The highest BCUT2D eigenvalue weighted by Crippen LogP contribution is 2.31. The molecule has 1 atom stereocenters. The summed E-state index contributed by atoms with van der Waals surface area (Å²) in [5.41, 5.74) is 3.37. The maximum absolute atomic E-state index is 14.3. The predicted molar refractivity (Wildman–Crippen MR) is 172 cm³/mol. The zero-order chi connectivity index (χ0) is 32.1. The Kier molecular flexibility index (Phi) is 9.13. The maximum Gasteiger partial charge on any atom is 0.299 e. The first-order chi connectivity index (χ1) is 21.7. The van der Waals surface area contributed by atoms with Crippen molar-refractivity contribution in [2.75, 3.05) is 50.0 Å². The van der Waals surface area contributed by atoms with E-state index in [0.717, 1.165) is 11.3 Å². The molecule has 0 saturated carbocycles. The van der Waals surface area contributed by atoms with Crippen LogP contribution in [0.4, 0.5) is 17.1 Å². The number of ketones is 1. The van der Waals surface area contributed by atoms with Gasteiger partial charge in [-0.25, -0.2) is 0 Å². The minimum atomic E-state index is -1.11. The standard InChI is InChI=1S/C35H34N4O6/c1-37(2)26-15-13-25(14-16-26)36-34(42)32(24-11-19-28(45-4)20-12-24)39(21-23-9-17-27(44-3)18-10-23)31(40)22-38-30-8-6-5-7-29(30)33(41)35(38)43/h5-20,32H,21-22H2,1-4H3,(H,36,42). The first-order valence-corrected chi connectivity index (χ1v) is 14.3. The van der Waals surface area contributed by atoms with E-state index in [1.165, 1.54) is 9.80 Å². The Hall–Kier alpha value is -5.64. The van der Waals surface area contributed by atoms with Gasteiger partial charge in [0, 0.05) is 32.0 Å². The number of anilines is 3. The van der Waals surface area contributed by atoms with Crippen LogP contribution in [0.2, 0.25) is 0 Å². The summed E-state index contributed by atoms with van der Waals surface area (Å²) >= 11 is 0. The molecule has 1 N–H and O–H groups in total. The first kappa shape index (κ1) is 30.8. The van der Waals surface area contributed by atoms with Gasteiger partial charge in [-0.2, -0.15) is 0 Å². The van der Waals surface area contributed by atoms with Crippen LogP contribution >= 0.6 is 0 Å². The second-order valence-electron chi connectivity index (χ2n) is 10.7. The van der Waals surface area contributed by atoms with Gasteiger partial charge in [-0.15, -0.1) is 0 Å². The summed E-state index contributed by atoms with van der Waals surface area (Å²) in [4.78, 5) is 58.7. The quantitative estimate of drug-likeness (QED) is 0.247. The molecule has 10 heteroatoms. The minimum absolute atomic E-state index is 0.0319. The van der Waals surface area contributed by atoms with Crippen molar-refractivity contribution in [1.29, 1.82) is 0 Å². The number of carbonyl (C=O) groups excluding carboxylic acids is 4. The summed E-state index contributed by atoms with van der Waals surface area (Å²) in [7, 11) is 6.95. The molecule has 0 bridgehead atoms. The SMILES string of the molecule is COc1ccc(CN(C(=O)CN2C(=O)C(=O)c3ccccc32)C(C(=O)Nc2ccc(N(C)C)cc2)c2ccc(OC)cc2)cc1. The zero-order valence-corrected chi connectivity index (χ0v) is 25.5. The molecule has 1 aliphatic rings. The van der Waals surface area contributed by atoms with Crippen LogP contribution in [-0.4, -0.2) is 63.3 Å². The fraction of sp³-hybridized carbons (Fsp3) is 0.200. The lowest BCUT2D eigenvalue weighted by Crippen LogP contribution is -2.46. The zero-order valence-electron chi connectivity index (χ0n) is 25.5. The Morgan fingerprint density at radius 1 is 0.800 bits per heavy atom. The van der Waals surface area contributed by atoms with Crippen LogP contribution in [0.25, 0.3) is 0 Å². The molecule has 0 radical (unpaired) electrons. The van der Waals surface area contributed by atoms with E-state index < -0.39 is 36.1 Å². The molecule has 45 heavy (non-hydrogen) atoms. The van der Waals surface area contributed by atoms with Crippen molar-refractivity contribution in [2.24, 2.45) is 0 Å². The Morgan fingerprint density at radius 3 is 2.00 bits per heavy atom. The second-order valence-corrected chi connectivity index (χ2v) is 10.7. The van der Waals surface area contributed by atoms with E-state index in [2.05, 4.69) is 5.32 Å². The van der Waals surface area contributed by atoms with Gasteiger partial charge >= 0.3 is 0 Å². The lowest BCUT2D eigenvalue weighted by molar-refractivity contribution is -0.139. The highest BCUT2D eigenvalue weighted by Gasteiger charge is 2.39. The highest BCUT2D eigenvalue weighted by molar-refractivity contribution is 6.52. The monoisotopic (exact) mass is 606 g/mol. The van der Waals surface area contributed by atoms with Gasteiger partial charge in [0.05, 0.1) is 25.5 Å². The molecule has 5 rings (SSSR count). The second kappa shape index (κ2) is 13.3. The third-order valence-electron chi connectivity index (χ3n) is 7.65. The van der Waals surface area contributed by atoms with Gasteiger partial charge in [0.25, 0.3) is 17.6 Å². The molecule has 1 aliphatic heterocycles. The van der Waals surface area contributed by atoms with Crippen molar-refractivity contribution in [3.63, 3.8) is 0 Å². The third kappa shape index (κ3) is 6.65. The van der Waals surface area contributed by atoms with E-state index in [1.54, 1.807) is 87.0 Å². The fourth-order valence-corrected chi connectivity index (χ4v) is 5.19. The number of ether oxygens (including phenoxy) is 2. The van der Waals surface area contributed by atoms with E-state index >= 15 is 0 Å². The minimum Gasteiger partial charge on any atom is -0.497 e. The number of nitrogens with one attached hydrogen (secondary N) is 1. The molecule has 3 amide bonds. The Labute approximate surface area is 261 Å². The van der Waals surface area contributed by atoms with E-state index in [0.29, 0.717) is 28.4 Å². The van der Waals surface area contributed by atoms with Crippen molar-refractivity contribution in [3.8, 4) is 11.5 Å². The number of carbonyl (C=O) groups is 4. The van der Waals surface area contributed by atoms with Crippen molar-refractivity contribution in [2.45, 2.75) is 12.6 Å². The number of hydrogen-bond donors (Lipinski definition) is 1. The van der Waals surface area contributed by atoms with Crippen molar-refractivity contribution in [1.82, 2.24) is 4.90 Å². The molecule has 0 saturated heterocycles. The van der Waals surface area contributed by atoms with Gasteiger partial charge in [0.2, 0.25) is 5.91 Å². The number of benzene rings is 4. The van der Waals surface area contributed by atoms with Gasteiger partial charge in [-0.05, 0) is 71.8 Å². The van der Waals surface area contributed by atoms with E-state index in [4.69, 9.17) is 9.47 Å². The van der Waals surface area contributed by atoms with Crippen LogP contribution in [0, 0.1) is 0 Å². The van der Waals surface area contributed by atoms with Crippen LogP contribution in [0.1, 0.15) is 27.5 Å². The molecule has 1 unspecified atom stereocenters. The topological polar surface area (TPSA) is 108 Å². The van der Waals surface area contributed by atoms with Crippen molar-refractivity contribution >= 4 is 40.6 Å². The molecule has 4 aromatic rings. The number of fused-ring (bicyclic) bond motifs is 1. The van der Waals surface area contributed by atoms with E-state index in [9.17, 15) is 19.2 Å². The normalized spacial score (nSPS) is 12.8. The smallest absolute Gasteiger partial charge is 0.299 e. The highest BCUT2D eigenvalue weighted by atomic mass is 16.5. The average Bonchev–Trinajstić information content (AvgIpc) is 3.30. The largest absolute Gasteiger partial charge is 0.497 e. The van der Waals surface area contributed by atoms with E-state index in [-0.39, 0.29) is 12.1 Å². The molecule has 0 aromatic heterocycles. The number of para-hydroxylation sites is 1. The van der Waals surface area contributed by atoms with Crippen LogP contribution < -0.4 is 24.6 Å². The maximum atomic E-state index is 14.3. The van der Waals surface area contributed by atoms with Gasteiger partial charge in [0.15, 0.2) is 0 Å². The molecule has 1 heterocycles. The molecule has 4 aromatic carbocycles. The summed E-state index contributed by atoms with van der Waals surface area (Å²) in [6.07, 6.45) is 0. The fourth-order valence-electron chi connectivity index (χ4n) is 5.19. The third-order valence-corrected chi connectivity index (χ3v) is 7.65. The number of nitrogens with zero attached hydrogens (tertiary/aromatic N) is 3. The van der Waals surface area contributed by atoms with Crippen molar-refractivity contribution in [3.05, 3.63) is 114 Å². The summed E-state index contributed by atoms with van der Waals surface area (Å²) in [6.45, 7) is -0.403. The molecular weight excluding hydrogens is 572 g/mol. The van der Waals surface area contributed by atoms with Crippen LogP contribution in [0.3, 0.4) is 0 Å². The van der Waals surface area contributed by atoms with E-state index in [1.807, 2.05) is 43.3 Å².